The van der Waals surface area contributed by atoms with Gasteiger partial charge in [0.25, 0.3) is 0 Å². The Balaban J connectivity index is 1.72. The molecule has 0 bridgehead atoms. The number of fused-ring (bicyclic) bond motifs is 3. The van der Waals surface area contributed by atoms with Crippen LogP contribution in [-0.4, -0.2) is 30.5 Å². The van der Waals surface area contributed by atoms with Crippen molar-refractivity contribution < 1.29 is 14.2 Å². The summed E-state index contributed by atoms with van der Waals surface area (Å²) < 4.78 is 16.9. The van der Waals surface area contributed by atoms with Crippen LogP contribution in [0, 0.1) is 0 Å². The average molecular weight is 379 g/mol. The number of nitrogens with zero attached hydrogens (tertiary/aromatic N) is 1. The molecule has 4 rings (SSSR count). The number of methoxy groups -OCH3 is 1. The molecule has 0 amide bonds. The zero-order valence-electron chi connectivity index (χ0n) is 16.6. The number of anilines is 2. The molecule has 28 heavy (non-hydrogen) atoms. The van der Waals surface area contributed by atoms with E-state index in [9.17, 15) is 0 Å². The molecule has 0 saturated carbocycles. The number of ether oxygens (including phenoxy) is 3. The molecule has 0 fully saturated rings. The Bertz CT molecular complexity index is 997. The van der Waals surface area contributed by atoms with Crippen LogP contribution in [0.1, 0.15) is 37.8 Å². The Morgan fingerprint density at radius 2 is 1.82 bits per heavy atom. The summed E-state index contributed by atoms with van der Waals surface area (Å²) >= 11 is 0. The number of rotatable bonds is 7. The minimum absolute atomic E-state index is 0.187. The highest BCUT2D eigenvalue weighted by Crippen LogP contribution is 2.50. The quantitative estimate of drug-likeness (QED) is 0.598. The van der Waals surface area contributed by atoms with Crippen molar-refractivity contribution in [1.29, 1.82) is 0 Å². The summed E-state index contributed by atoms with van der Waals surface area (Å²) in [6, 6.07) is 12.0. The molecular weight excluding hydrogens is 354 g/mol. The average Bonchev–Trinajstić information content (AvgIpc) is 3.23. The molecule has 1 aromatic heterocycles. The van der Waals surface area contributed by atoms with Gasteiger partial charge >= 0.3 is 0 Å². The first-order valence-electron chi connectivity index (χ1n) is 9.59. The molecule has 146 valence electrons. The lowest BCUT2D eigenvalue weighted by molar-refractivity contribution is 0.287. The maximum absolute atomic E-state index is 5.81. The summed E-state index contributed by atoms with van der Waals surface area (Å²) in [6.45, 7) is 7.33. The predicted octanol–water partition coefficient (Wildman–Crippen LogP) is 5.09. The lowest BCUT2D eigenvalue weighted by Crippen LogP contribution is -2.01. The van der Waals surface area contributed by atoms with Crippen LogP contribution < -0.4 is 19.5 Å². The molecule has 0 spiro atoms. The van der Waals surface area contributed by atoms with Crippen molar-refractivity contribution in [2.75, 3.05) is 25.6 Å². The first-order valence-corrected chi connectivity index (χ1v) is 9.59. The second-order valence-electron chi connectivity index (χ2n) is 6.69. The van der Waals surface area contributed by atoms with E-state index in [1.807, 2.05) is 38.1 Å². The number of benzene rings is 2. The van der Waals surface area contributed by atoms with Gasteiger partial charge in [0, 0.05) is 28.8 Å². The summed E-state index contributed by atoms with van der Waals surface area (Å²) in [5.41, 5.74) is 5.43. The number of aromatic amines is 1. The Morgan fingerprint density at radius 1 is 1.07 bits per heavy atom. The largest absolute Gasteiger partial charge is 0.497 e. The monoisotopic (exact) mass is 379 g/mol. The molecule has 0 aliphatic heterocycles. The van der Waals surface area contributed by atoms with E-state index in [1.54, 1.807) is 7.11 Å². The van der Waals surface area contributed by atoms with Crippen LogP contribution in [0.5, 0.6) is 17.2 Å². The van der Waals surface area contributed by atoms with Crippen LogP contribution in [0.15, 0.2) is 36.4 Å². The van der Waals surface area contributed by atoms with Gasteiger partial charge in [0.1, 0.15) is 5.75 Å². The van der Waals surface area contributed by atoms with Gasteiger partial charge < -0.3 is 19.5 Å². The van der Waals surface area contributed by atoms with Crippen LogP contribution in [-0.2, 0) is 0 Å². The molecule has 2 N–H and O–H groups in total. The van der Waals surface area contributed by atoms with Crippen LogP contribution in [0.25, 0.3) is 11.3 Å². The first-order chi connectivity index (χ1) is 13.7. The molecule has 6 nitrogen and oxygen atoms in total. The van der Waals surface area contributed by atoms with Gasteiger partial charge in [-0.2, -0.15) is 5.10 Å². The fourth-order valence-electron chi connectivity index (χ4n) is 3.75. The number of H-pyrrole nitrogens is 1. The Hall–Kier alpha value is -3.15. The molecule has 3 aromatic rings. The van der Waals surface area contributed by atoms with E-state index >= 15 is 0 Å². The minimum Gasteiger partial charge on any atom is -0.497 e. The van der Waals surface area contributed by atoms with Crippen molar-refractivity contribution in [2.24, 2.45) is 0 Å². The third-order valence-corrected chi connectivity index (χ3v) is 5.02. The summed E-state index contributed by atoms with van der Waals surface area (Å²) in [5.74, 6) is 3.36. The van der Waals surface area contributed by atoms with Crippen LogP contribution >= 0.6 is 0 Å². The van der Waals surface area contributed by atoms with E-state index in [1.165, 1.54) is 5.56 Å². The van der Waals surface area contributed by atoms with Crippen LogP contribution in [0.4, 0.5) is 11.5 Å². The van der Waals surface area contributed by atoms with Gasteiger partial charge in [-0.3, -0.25) is 5.10 Å². The molecule has 0 saturated heterocycles. The van der Waals surface area contributed by atoms with Gasteiger partial charge in [0.2, 0.25) is 0 Å². The summed E-state index contributed by atoms with van der Waals surface area (Å²) in [6.07, 6.45) is 0. The van der Waals surface area contributed by atoms with Crippen LogP contribution in [0.2, 0.25) is 0 Å². The Kier molecular flexibility index (Phi) is 4.86. The molecule has 1 aliphatic rings. The van der Waals surface area contributed by atoms with Crippen molar-refractivity contribution in [3.8, 4) is 28.5 Å². The predicted molar refractivity (Wildman–Crippen MR) is 110 cm³/mol. The zero-order valence-corrected chi connectivity index (χ0v) is 16.6. The Morgan fingerprint density at radius 3 is 2.54 bits per heavy atom. The van der Waals surface area contributed by atoms with E-state index in [2.05, 4.69) is 34.6 Å². The zero-order chi connectivity index (χ0) is 19.7. The van der Waals surface area contributed by atoms with Gasteiger partial charge in [-0.05, 0) is 43.7 Å². The molecule has 0 radical (unpaired) electrons. The summed E-state index contributed by atoms with van der Waals surface area (Å²) in [5, 5.41) is 11.1. The Labute approximate surface area is 164 Å². The van der Waals surface area contributed by atoms with Gasteiger partial charge in [-0.15, -0.1) is 0 Å². The highest BCUT2D eigenvalue weighted by atomic mass is 16.5. The molecule has 2 aromatic carbocycles. The maximum atomic E-state index is 5.81. The summed E-state index contributed by atoms with van der Waals surface area (Å²) in [4.78, 5) is 0. The molecule has 1 unspecified atom stereocenters. The van der Waals surface area contributed by atoms with Gasteiger partial charge in [-0.1, -0.05) is 13.0 Å². The van der Waals surface area contributed by atoms with Gasteiger partial charge in [0.15, 0.2) is 17.3 Å². The molecular formula is C22H25N3O3. The standard InChI is InChI=1S/C22H25N3O3/c1-5-27-18-11-16-13(3)20-21(17(16)12-19(18)28-6-2)24-25-22(20)23-14-8-7-9-15(10-14)26-4/h7-13H,5-6H2,1-4H3,(H2,23,24,25). The van der Waals surface area contributed by atoms with Crippen molar-refractivity contribution in [2.45, 2.75) is 26.7 Å². The van der Waals surface area contributed by atoms with Crippen LogP contribution in [0.3, 0.4) is 0 Å². The van der Waals surface area contributed by atoms with E-state index < -0.39 is 0 Å². The number of hydrogen-bond donors (Lipinski definition) is 2. The van der Waals surface area contributed by atoms with Crippen molar-refractivity contribution >= 4 is 11.5 Å². The van der Waals surface area contributed by atoms with Crippen molar-refractivity contribution in [3.05, 3.63) is 47.5 Å². The molecule has 1 heterocycles. The van der Waals surface area contributed by atoms with E-state index in [-0.39, 0.29) is 5.92 Å². The smallest absolute Gasteiger partial charge is 0.161 e. The number of hydrogen-bond acceptors (Lipinski definition) is 5. The molecule has 1 atom stereocenters. The summed E-state index contributed by atoms with van der Waals surface area (Å²) in [7, 11) is 1.66. The molecule has 6 heteroatoms. The topological polar surface area (TPSA) is 68.4 Å². The normalized spacial score (nSPS) is 14.4. The maximum Gasteiger partial charge on any atom is 0.161 e. The number of nitrogens with one attached hydrogen (secondary N) is 2. The fraction of sp³-hybridized carbons (Fsp3) is 0.318. The van der Waals surface area contributed by atoms with Crippen molar-refractivity contribution in [1.82, 2.24) is 10.2 Å². The molecule has 1 aliphatic carbocycles. The third-order valence-electron chi connectivity index (χ3n) is 5.02. The number of aromatic nitrogens is 2. The second-order valence-corrected chi connectivity index (χ2v) is 6.69. The van der Waals surface area contributed by atoms with Gasteiger partial charge in [-0.25, -0.2) is 0 Å². The van der Waals surface area contributed by atoms with E-state index in [0.29, 0.717) is 13.2 Å². The lowest BCUT2D eigenvalue weighted by atomic mass is 9.99. The van der Waals surface area contributed by atoms with Gasteiger partial charge in [0.05, 0.1) is 26.0 Å². The van der Waals surface area contributed by atoms with E-state index in [0.717, 1.165) is 45.6 Å². The minimum atomic E-state index is 0.187. The lowest BCUT2D eigenvalue weighted by Gasteiger charge is -2.15. The highest BCUT2D eigenvalue weighted by Gasteiger charge is 2.32. The third kappa shape index (κ3) is 3.05. The van der Waals surface area contributed by atoms with Crippen molar-refractivity contribution in [3.63, 3.8) is 0 Å². The fourth-order valence-corrected chi connectivity index (χ4v) is 3.75. The van der Waals surface area contributed by atoms with E-state index in [4.69, 9.17) is 14.2 Å². The second kappa shape index (κ2) is 7.46. The highest BCUT2D eigenvalue weighted by molar-refractivity contribution is 5.83. The SMILES string of the molecule is CCOc1cc2c(cc1OCC)C(C)c1c(Nc3cccc(OC)c3)n[nH]c1-2. The first kappa shape index (κ1) is 18.2.